The van der Waals surface area contributed by atoms with E-state index in [0.29, 0.717) is 35.3 Å². The Hall–Kier alpha value is -2.65. The first kappa shape index (κ1) is 24.1. The molecule has 3 aromatic carbocycles. The molecule has 2 heterocycles. The van der Waals surface area contributed by atoms with E-state index in [1.54, 1.807) is 34.9 Å². The fourth-order valence-corrected chi connectivity index (χ4v) is 6.88. The summed E-state index contributed by atoms with van der Waals surface area (Å²) in [4.78, 5) is 15.0. The molecule has 0 spiro atoms. The molecule has 1 N–H and O–H groups in total. The molecule has 9 heteroatoms. The van der Waals surface area contributed by atoms with E-state index in [4.69, 9.17) is 11.6 Å². The average Bonchev–Trinajstić information content (AvgIpc) is 3.33. The first-order valence-electron chi connectivity index (χ1n) is 11.5. The Bertz CT molecular complexity index is 1530. The number of anilines is 1. The molecule has 4 aromatic rings. The van der Waals surface area contributed by atoms with Gasteiger partial charge in [-0.15, -0.1) is 0 Å². The highest BCUT2D eigenvalue weighted by atomic mass is 35.5. The van der Waals surface area contributed by atoms with Crippen LogP contribution in [0.3, 0.4) is 0 Å². The average molecular weight is 528 g/mol. The number of thiazole rings is 1. The second-order valence-electron chi connectivity index (χ2n) is 8.84. The largest absolute Gasteiger partial charge is 0.368 e. The topological polar surface area (TPSA) is 71.4 Å². The number of hydrogen-bond acceptors (Lipinski definition) is 5. The number of halogens is 1. The summed E-state index contributed by atoms with van der Waals surface area (Å²) < 4.78 is 30.9. The summed E-state index contributed by atoms with van der Waals surface area (Å²) in [6.45, 7) is 3.73. The first-order valence-corrected chi connectivity index (χ1v) is 14.2. The van der Waals surface area contributed by atoms with Gasteiger partial charge in [0.15, 0.2) is 0 Å². The summed E-state index contributed by atoms with van der Waals surface area (Å²) in [6, 6.07) is 21.0. The van der Waals surface area contributed by atoms with Crippen LogP contribution in [-0.2, 0) is 23.0 Å². The molecular weight excluding hydrogens is 502 g/mol. The molecule has 1 aromatic heterocycles. The molecule has 1 atom stereocenters. The van der Waals surface area contributed by atoms with E-state index in [1.807, 2.05) is 18.2 Å². The normalized spacial score (nSPS) is 15.6. The molecule has 0 fully saturated rings. The van der Waals surface area contributed by atoms with Crippen LogP contribution in [0.15, 0.2) is 76.4 Å². The van der Waals surface area contributed by atoms with E-state index in [0.717, 1.165) is 35.4 Å². The van der Waals surface area contributed by atoms with Crippen LogP contribution in [-0.4, -0.2) is 32.1 Å². The number of nitrogens with one attached hydrogen (secondary N) is 1. The van der Waals surface area contributed by atoms with Crippen molar-refractivity contribution < 1.29 is 8.42 Å². The van der Waals surface area contributed by atoms with Gasteiger partial charge in [-0.3, -0.25) is 9.36 Å². The van der Waals surface area contributed by atoms with Crippen molar-refractivity contribution in [1.29, 1.82) is 0 Å². The summed E-state index contributed by atoms with van der Waals surface area (Å²) in [5.41, 5.74) is 4.25. The highest BCUT2D eigenvalue weighted by molar-refractivity contribution is 7.89. The maximum Gasteiger partial charge on any atom is 0.308 e. The van der Waals surface area contributed by atoms with Gasteiger partial charge in [0.05, 0.1) is 21.7 Å². The van der Waals surface area contributed by atoms with Gasteiger partial charge in [0.2, 0.25) is 10.0 Å². The summed E-state index contributed by atoms with van der Waals surface area (Å²) in [6.07, 6.45) is 1.72. The molecule has 0 amide bonds. The number of fused-ring (bicyclic) bond motifs is 2. The number of aromatic nitrogens is 1. The molecule has 0 unspecified atom stereocenters. The van der Waals surface area contributed by atoms with Crippen molar-refractivity contribution in [2.24, 2.45) is 0 Å². The third-order valence-corrected chi connectivity index (χ3v) is 9.07. The number of sulfonamides is 1. The van der Waals surface area contributed by atoms with Gasteiger partial charge in [0, 0.05) is 29.8 Å². The van der Waals surface area contributed by atoms with Gasteiger partial charge in [-0.05, 0) is 67.3 Å². The van der Waals surface area contributed by atoms with E-state index >= 15 is 0 Å². The molecule has 5 rings (SSSR count). The molecule has 35 heavy (non-hydrogen) atoms. The van der Waals surface area contributed by atoms with Crippen LogP contribution < -0.4 is 14.5 Å². The highest BCUT2D eigenvalue weighted by Gasteiger charge is 2.25. The molecule has 6 nitrogen and oxygen atoms in total. The zero-order chi connectivity index (χ0) is 24.6. The quantitative estimate of drug-likeness (QED) is 0.331. The van der Waals surface area contributed by atoms with Crippen LogP contribution in [0.4, 0.5) is 5.69 Å². The van der Waals surface area contributed by atoms with E-state index in [2.05, 4.69) is 34.7 Å². The van der Waals surface area contributed by atoms with E-state index in [9.17, 15) is 13.2 Å². The Balaban J connectivity index is 1.25. The second kappa shape index (κ2) is 9.78. The molecule has 1 aliphatic heterocycles. The zero-order valence-corrected chi connectivity index (χ0v) is 21.7. The zero-order valence-electron chi connectivity index (χ0n) is 19.3. The Morgan fingerprint density at radius 2 is 1.86 bits per heavy atom. The van der Waals surface area contributed by atoms with Gasteiger partial charge in [-0.25, -0.2) is 13.1 Å². The molecule has 0 saturated carbocycles. The smallest absolute Gasteiger partial charge is 0.308 e. The van der Waals surface area contributed by atoms with Crippen molar-refractivity contribution in [3.05, 3.63) is 92.5 Å². The predicted octanol–water partition coefficient (Wildman–Crippen LogP) is 4.88. The van der Waals surface area contributed by atoms with Crippen molar-refractivity contribution in [3.8, 4) is 0 Å². The van der Waals surface area contributed by atoms with Gasteiger partial charge in [-0.1, -0.05) is 53.3 Å². The molecule has 182 valence electrons. The van der Waals surface area contributed by atoms with Gasteiger partial charge in [0.25, 0.3) is 0 Å². The van der Waals surface area contributed by atoms with Crippen LogP contribution in [0.2, 0.25) is 5.02 Å². The van der Waals surface area contributed by atoms with Crippen LogP contribution in [0.1, 0.15) is 24.5 Å². The van der Waals surface area contributed by atoms with E-state index in [-0.39, 0.29) is 9.77 Å². The standard InChI is InChI=1S/C26H26ClN3O3S2/c1-18-15-20-5-2-3-6-23(20)29(18)14-4-13-28-35(32,33)22-11-12-24-25(16-22)34-26(31)30(24)17-19-7-9-21(27)10-8-19/h2-3,5-12,16,18,28H,4,13-15,17H2,1H3/t18-/m1/s1. The fraction of sp³-hybridized carbons (Fsp3) is 0.269. The summed E-state index contributed by atoms with van der Waals surface area (Å²) >= 11 is 7.01. The first-order chi connectivity index (χ1) is 16.8. The molecule has 0 aliphatic carbocycles. The van der Waals surface area contributed by atoms with Crippen molar-refractivity contribution in [2.45, 2.75) is 37.2 Å². The Morgan fingerprint density at radius 1 is 1.09 bits per heavy atom. The fourth-order valence-electron chi connectivity index (χ4n) is 4.65. The van der Waals surface area contributed by atoms with E-state index < -0.39 is 10.0 Å². The Kier molecular flexibility index (Phi) is 6.72. The monoisotopic (exact) mass is 527 g/mol. The number of benzene rings is 3. The minimum Gasteiger partial charge on any atom is -0.368 e. The Labute approximate surface area is 213 Å². The summed E-state index contributed by atoms with van der Waals surface area (Å²) in [5, 5.41) is 0.637. The highest BCUT2D eigenvalue weighted by Crippen LogP contribution is 2.31. The van der Waals surface area contributed by atoms with Gasteiger partial charge in [0.1, 0.15) is 0 Å². The number of para-hydroxylation sites is 1. The number of hydrogen-bond donors (Lipinski definition) is 1. The van der Waals surface area contributed by atoms with Crippen molar-refractivity contribution >= 4 is 48.9 Å². The van der Waals surface area contributed by atoms with Gasteiger partial charge >= 0.3 is 4.87 Å². The van der Waals surface area contributed by atoms with Crippen molar-refractivity contribution in [3.63, 3.8) is 0 Å². The molecular formula is C26H26ClN3O3S2. The summed E-state index contributed by atoms with van der Waals surface area (Å²) in [5.74, 6) is 0. The molecule has 0 saturated heterocycles. The number of rotatable bonds is 8. The van der Waals surface area contributed by atoms with Crippen molar-refractivity contribution in [2.75, 3.05) is 18.0 Å². The Morgan fingerprint density at radius 3 is 2.66 bits per heavy atom. The van der Waals surface area contributed by atoms with Crippen LogP contribution in [0.5, 0.6) is 0 Å². The minimum absolute atomic E-state index is 0.127. The van der Waals surface area contributed by atoms with E-state index in [1.165, 1.54) is 11.3 Å². The maximum absolute atomic E-state index is 12.9. The third kappa shape index (κ3) is 5.02. The lowest BCUT2D eigenvalue weighted by Crippen LogP contribution is -2.33. The number of nitrogens with zero attached hydrogens (tertiary/aromatic N) is 2. The second-order valence-corrected chi connectivity index (χ2v) is 12.0. The predicted molar refractivity (Wildman–Crippen MR) is 143 cm³/mol. The molecule has 0 bridgehead atoms. The van der Waals surface area contributed by atoms with Gasteiger partial charge in [-0.2, -0.15) is 0 Å². The maximum atomic E-state index is 12.9. The van der Waals surface area contributed by atoms with Crippen LogP contribution >= 0.6 is 22.9 Å². The van der Waals surface area contributed by atoms with Crippen LogP contribution in [0, 0.1) is 0 Å². The lowest BCUT2D eigenvalue weighted by molar-refractivity contribution is 0.576. The molecule has 0 radical (unpaired) electrons. The van der Waals surface area contributed by atoms with Crippen molar-refractivity contribution in [1.82, 2.24) is 9.29 Å². The summed E-state index contributed by atoms with van der Waals surface area (Å²) in [7, 11) is -3.68. The molecule has 1 aliphatic rings. The van der Waals surface area contributed by atoms with Gasteiger partial charge < -0.3 is 4.90 Å². The third-order valence-electron chi connectivity index (χ3n) is 6.42. The minimum atomic E-state index is -3.68. The SMILES string of the molecule is C[C@@H]1Cc2ccccc2N1CCCNS(=O)(=O)c1ccc2c(c1)sc(=O)n2Cc1ccc(Cl)cc1. The lowest BCUT2D eigenvalue weighted by Gasteiger charge is -2.24. The lowest BCUT2D eigenvalue weighted by atomic mass is 10.1. The van der Waals surface area contributed by atoms with Crippen LogP contribution in [0.25, 0.3) is 10.2 Å².